The van der Waals surface area contributed by atoms with E-state index in [4.69, 9.17) is 0 Å². The average Bonchev–Trinajstić information content (AvgIpc) is 2.45. The Balaban J connectivity index is 1.82. The smallest absolute Gasteiger partial charge is 0.223 e. The molecule has 1 aliphatic heterocycles. The fourth-order valence-electron chi connectivity index (χ4n) is 2.42. The third kappa shape index (κ3) is 4.04. The van der Waals surface area contributed by atoms with E-state index in [1.807, 2.05) is 31.2 Å². The molecule has 1 unspecified atom stereocenters. The molecule has 1 saturated heterocycles. The van der Waals surface area contributed by atoms with Gasteiger partial charge in [-0.3, -0.25) is 4.79 Å². The molecule has 1 aromatic carbocycles. The van der Waals surface area contributed by atoms with Crippen molar-refractivity contribution in [3.8, 4) is 0 Å². The summed E-state index contributed by atoms with van der Waals surface area (Å²) >= 11 is 0. The first-order chi connectivity index (χ1) is 9.16. The second kappa shape index (κ2) is 6.68. The monoisotopic (exact) mass is 262 g/mol. The van der Waals surface area contributed by atoms with Gasteiger partial charge < -0.3 is 15.7 Å². The third-order valence-corrected chi connectivity index (χ3v) is 3.61. The summed E-state index contributed by atoms with van der Waals surface area (Å²) in [7, 11) is 0. The summed E-state index contributed by atoms with van der Waals surface area (Å²) in [5.74, 6) is 0.152. The molecule has 0 saturated carbocycles. The number of carbonyl (C=O) groups is 1. The standard InChI is InChI=1S/C15H22N2O2/c1-11-3-2-4-13(9-11)14(18)10-17-15(19)12-5-7-16-8-6-12/h2-4,9,12,14,16,18H,5-8,10H2,1H3,(H,17,19). The van der Waals surface area contributed by atoms with Crippen molar-refractivity contribution in [3.05, 3.63) is 35.4 Å². The van der Waals surface area contributed by atoms with Gasteiger partial charge in [0.1, 0.15) is 0 Å². The Hall–Kier alpha value is -1.39. The van der Waals surface area contributed by atoms with E-state index in [9.17, 15) is 9.90 Å². The number of aryl methyl sites for hydroxylation is 1. The molecule has 0 radical (unpaired) electrons. The van der Waals surface area contributed by atoms with Crippen molar-refractivity contribution in [2.24, 2.45) is 5.92 Å². The van der Waals surface area contributed by atoms with Gasteiger partial charge >= 0.3 is 0 Å². The van der Waals surface area contributed by atoms with Gasteiger partial charge in [-0.2, -0.15) is 0 Å². The molecule has 1 aromatic rings. The summed E-state index contributed by atoms with van der Waals surface area (Å²) in [6, 6.07) is 7.74. The van der Waals surface area contributed by atoms with Gasteiger partial charge in [0.25, 0.3) is 0 Å². The number of rotatable bonds is 4. The zero-order valence-electron chi connectivity index (χ0n) is 11.4. The van der Waals surface area contributed by atoms with E-state index >= 15 is 0 Å². The SMILES string of the molecule is Cc1cccc(C(O)CNC(=O)C2CCNCC2)c1. The zero-order chi connectivity index (χ0) is 13.7. The number of hydrogen-bond donors (Lipinski definition) is 3. The minimum Gasteiger partial charge on any atom is -0.387 e. The van der Waals surface area contributed by atoms with E-state index in [1.165, 1.54) is 0 Å². The fraction of sp³-hybridized carbons (Fsp3) is 0.533. The van der Waals surface area contributed by atoms with Crippen molar-refractivity contribution >= 4 is 5.91 Å². The normalized spacial score (nSPS) is 18.0. The Kier molecular flexibility index (Phi) is 4.93. The Morgan fingerprint density at radius 3 is 2.89 bits per heavy atom. The summed E-state index contributed by atoms with van der Waals surface area (Å²) in [6.45, 7) is 4.08. The molecule has 19 heavy (non-hydrogen) atoms. The first-order valence-electron chi connectivity index (χ1n) is 6.90. The van der Waals surface area contributed by atoms with Gasteiger partial charge in [0, 0.05) is 12.5 Å². The Bertz CT molecular complexity index is 428. The number of piperidine rings is 1. The van der Waals surface area contributed by atoms with Crippen LogP contribution in [-0.4, -0.2) is 30.6 Å². The predicted octanol–water partition coefficient (Wildman–Crippen LogP) is 1.14. The van der Waals surface area contributed by atoms with Crippen molar-refractivity contribution in [1.29, 1.82) is 0 Å². The van der Waals surface area contributed by atoms with E-state index in [-0.39, 0.29) is 18.4 Å². The maximum Gasteiger partial charge on any atom is 0.223 e. The lowest BCUT2D eigenvalue weighted by atomic mass is 9.97. The number of nitrogens with one attached hydrogen (secondary N) is 2. The predicted molar refractivity (Wildman–Crippen MR) is 74.7 cm³/mol. The highest BCUT2D eigenvalue weighted by Crippen LogP contribution is 2.15. The second-order valence-electron chi connectivity index (χ2n) is 5.20. The van der Waals surface area contributed by atoms with Gasteiger partial charge in [0.15, 0.2) is 0 Å². The van der Waals surface area contributed by atoms with Crippen molar-refractivity contribution < 1.29 is 9.90 Å². The topological polar surface area (TPSA) is 61.4 Å². The van der Waals surface area contributed by atoms with Crippen molar-refractivity contribution in [2.45, 2.75) is 25.9 Å². The molecule has 3 N–H and O–H groups in total. The lowest BCUT2D eigenvalue weighted by Crippen LogP contribution is -2.39. The summed E-state index contributed by atoms with van der Waals surface area (Å²) < 4.78 is 0. The molecule has 4 heteroatoms. The molecule has 4 nitrogen and oxygen atoms in total. The van der Waals surface area contributed by atoms with Crippen LogP contribution in [0.5, 0.6) is 0 Å². The number of hydrogen-bond acceptors (Lipinski definition) is 3. The first kappa shape index (κ1) is 14.0. The number of carbonyl (C=O) groups excluding carboxylic acids is 1. The molecule has 1 amide bonds. The van der Waals surface area contributed by atoms with Gasteiger partial charge in [0.2, 0.25) is 5.91 Å². The number of aliphatic hydroxyl groups is 1. The highest BCUT2D eigenvalue weighted by Gasteiger charge is 2.21. The summed E-state index contributed by atoms with van der Waals surface area (Å²) in [6.07, 6.45) is 1.13. The van der Waals surface area contributed by atoms with E-state index < -0.39 is 6.10 Å². The van der Waals surface area contributed by atoms with Crippen LogP contribution in [0, 0.1) is 12.8 Å². The van der Waals surface area contributed by atoms with Crippen LogP contribution in [0.4, 0.5) is 0 Å². The Morgan fingerprint density at radius 2 is 2.21 bits per heavy atom. The fourth-order valence-corrected chi connectivity index (χ4v) is 2.42. The minimum absolute atomic E-state index is 0.0632. The Morgan fingerprint density at radius 1 is 1.47 bits per heavy atom. The van der Waals surface area contributed by atoms with Crippen LogP contribution in [0.15, 0.2) is 24.3 Å². The molecule has 0 bridgehead atoms. The lowest BCUT2D eigenvalue weighted by molar-refractivity contribution is -0.126. The van der Waals surface area contributed by atoms with Crippen LogP contribution < -0.4 is 10.6 Å². The van der Waals surface area contributed by atoms with Crippen LogP contribution in [0.25, 0.3) is 0 Å². The third-order valence-electron chi connectivity index (χ3n) is 3.61. The molecule has 1 aliphatic rings. The number of amides is 1. The molecule has 0 aliphatic carbocycles. The number of aliphatic hydroxyl groups excluding tert-OH is 1. The van der Waals surface area contributed by atoms with E-state index in [0.717, 1.165) is 37.1 Å². The van der Waals surface area contributed by atoms with Gasteiger partial charge in [-0.15, -0.1) is 0 Å². The zero-order valence-corrected chi connectivity index (χ0v) is 11.4. The van der Waals surface area contributed by atoms with Gasteiger partial charge in [-0.25, -0.2) is 0 Å². The van der Waals surface area contributed by atoms with Crippen LogP contribution in [0.1, 0.15) is 30.1 Å². The molecule has 104 valence electrons. The van der Waals surface area contributed by atoms with Crippen molar-refractivity contribution in [2.75, 3.05) is 19.6 Å². The molecule has 1 fully saturated rings. The van der Waals surface area contributed by atoms with E-state index in [2.05, 4.69) is 10.6 Å². The van der Waals surface area contributed by atoms with Crippen LogP contribution in [0.3, 0.4) is 0 Å². The molecule has 1 heterocycles. The largest absolute Gasteiger partial charge is 0.387 e. The van der Waals surface area contributed by atoms with Crippen LogP contribution in [-0.2, 0) is 4.79 Å². The molecular formula is C15H22N2O2. The number of benzene rings is 1. The summed E-state index contributed by atoms with van der Waals surface area (Å²) in [4.78, 5) is 12.0. The minimum atomic E-state index is -0.634. The molecule has 0 aromatic heterocycles. The van der Waals surface area contributed by atoms with Crippen molar-refractivity contribution in [1.82, 2.24) is 10.6 Å². The van der Waals surface area contributed by atoms with E-state index in [1.54, 1.807) is 0 Å². The van der Waals surface area contributed by atoms with Crippen molar-refractivity contribution in [3.63, 3.8) is 0 Å². The molecule has 1 atom stereocenters. The van der Waals surface area contributed by atoms with Gasteiger partial charge in [-0.05, 0) is 38.4 Å². The first-order valence-corrected chi connectivity index (χ1v) is 6.90. The molecule has 0 spiro atoms. The maximum atomic E-state index is 12.0. The van der Waals surface area contributed by atoms with Gasteiger partial charge in [-0.1, -0.05) is 29.8 Å². The average molecular weight is 262 g/mol. The summed E-state index contributed by atoms with van der Waals surface area (Å²) in [5, 5.41) is 16.2. The summed E-state index contributed by atoms with van der Waals surface area (Å²) in [5.41, 5.74) is 1.96. The quantitative estimate of drug-likeness (QED) is 0.762. The van der Waals surface area contributed by atoms with E-state index in [0.29, 0.717) is 0 Å². The highest BCUT2D eigenvalue weighted by molar-refractivity contribution is 5.78. The van der Waals surface area contributed by atoms with Crippen LogP contribution in [0.2, 0.25) is 0 Å². The maximum absolute atomic E-state index is 12.0. The molecular weight excluding hydrogens is 240 g/mol. The second-order valence-corrected chi connectivity index (χ2v) is 5.20. The lowest BCUT2D eigenvalue weighted by Gasteiger charge is -2.22. The molecule has 2 rings (SSSR count). The van der Waals surface area contributed by atoms with Gasteiger partial charge in [0.05, 0.1) is 6.10 Å². The van der Waals surface area contributed by atoms with Crippen LogP contribution >= 0.6 is 0 Å². The Labute approximate surface area is 114 Å². The highest BCUT2D eigenvalue weighted by atomic mass is 16.3.